The zero-order valence-corrected chi connectivity index (χ0v) is 17.0. The normalized spacial score (nSPS) is 10.6. The Bertz CT molecular complexity index is 972. The van der Waals surface area contributed by atoms with Crippen LogP contribution in [0, 0.1) is 13.8 Å². The fraction of sp³-hybridized carbons (Fsp3) is 0.368. The summed E-state index contributed by atoms with van der Waals surface area (Å²) in [5.74, 6) is 1.67. The van der Waals surface area contributed by atoms with E-state index in [2.05, 4.69) is 20.4 Å². The molecule has 3 N–H and O–H groups in total. The van der Waals surface area contributed by atoms with E-state index >= 15 is 0 Å². The number of amides is 1. The first-order valence-corrected chi connectivity index (χ1v) is 8.97. The number of anilines is 1. The van der Waals surface area contributed by atoms with Crippen LogP contribution in [-0.2, 0) is 17.8 Å². The summed E-state index contributed by atoms with van der Waals surface area (Å²) in [6.45, 7) is 6.59. The van der Waals surface area contributed by atoms with Crippen molar-refractivity contribution in [2.24, 2.45) is 5.73 Å². The first-order chi connectivity index (χ1) is 13.0. The second-order valence-electron chi connectivity index (χ2n) is 6.18. The number of nitrogens with zero attached hydrogens (tertiary/aromatic N) is 4. The van der Waals surface area contributed by atoms with Crippen molar-refractivity contribution in [2.75, 3.05) is 11.9 Å². The molecule has 2 heterocycles. The van der Waals surface area contributed by atoms with Crippen molar-refractivity contribution in [1.29, 1.82) is 0 Å². The summed E-state index contributed by atoms with van der Waals surface area (Å²) in [5, 5.41) is 7.28. The maximum atomic E-state index is 12.4. The minimum atomic E-state index is -0.0812. The second kappa shape index (κ2) is 9.48. The molecule has 0 unspecified atom stereocenters. The maximum Gasteiger partial charge on any atom is 0.252 e. The Labute approximate surface area is 169 Å². The van der Waals surface area contributed by atoms with Gasteiger partial charge in [0.05, 0.1) is 18.8 Å². The van der Waals surface area contributed by atoms with E-state index in [0.717, 1.165) is 17.0 Å². The van der Waals surface area contributed by atoms with E-state index in [1.54, 1.807) is 4.52 Å². The van der Waals surface area contributed by atoms with E-state index in [0.29, 0.717) is 42.5 Å². The highest BCUT2D eigenvalue weighted by Gasteiger charge is 2.15. The minimum Gasteiger partial charge on any atom is -0.492 e. The predicted molar refractivity (Wildman–Crippen MR) is 110 cm³/mol. The van der Waals surface area contributed by atoms with Crippen LogP contribution in [-0.4, -0.2) is 32.1 Å². The summed E-state index contributed by atoms with van der Waals surface area (Å²) in [6.07, 6.45) is 0.884. The number of rotatable bonds is 7. The van der Waals surface area contributed by atoms with Gasteiger partial charge in [0.1, 0.15) is 5.75 Å². The smallest absolute Gasteiger partial charge is 0.252 e. The number of para-hydroxylation sites is 2. The van der Waals surface area contributed by atoms with Crippen LogP contribution in [0.25, 0.3) is 5.78 Å². The fourth-order valence-electron chi connectivity index (χ4n) is 3.00. The number of carbonyl (C=O) groups is 1. The molecular weight excluding hydrogens is 380 g/mol. The number of nitrogens with two attached hydrogens (primary N) is 1. The SMILES string of the molecule is CCOc1ccccc1NC(=O)CCc1c(C)nc2nc(CN)nn2c1C.Cl. The van der Waals surface area contributed by atoms with Gasteiger partial charge < -0.3 is 15.8 Å². The summed E-state index contributed by atoms with van der Waals surface area (Å²) < 4.78 is 7.23. The monoisotopic (exact) mass is 404 g/mol. The van der Waals surface area contributed by atoms with Crippen molar-refractivity contribution < 1.29 is 9.53 Å². The number of fused-ring (bicyclic) bond motifs is 1. The number of hydrogen-bond donors (Lipinski definition) is 2. The van der Waals surface area contributed by atoms with E-state index in [-0.39, 0.29) is 24.9 Å². The second-order valence-corrected chi connectivity index (χ2v) is 6.18. The largest absolute Gasteiger partial charge is 0.492 e. The van der Waals surface area contributed by atoms with E-state index in [9.17, 15) is 4.79 Å². The van der Waals surface area contributed by atoms with Crippen molar-refractivity contribution in [2.45, 2.75) is 40.2 Å². The van der Waals surface area contributed by atoms with Gasteiger partial charge in [-0.3, -0.25) is 4.79 Å². The quantitative estimate of drug-likeness (QED) is 0.626. The van der Waals surface area contributed by atoms with Gasteiger partial charge >= 0.3 is 0 Å². The zero-order valence-electron chi connectivity index (χ0n) is 16.2. The van der Waals surface area contributed by atoms with E-state index < -0.39 is 0 Å². The Morgan fingerprint density at radius 2 is 2.00 bits per heavy atom. The predicted octanol–water partition coefficient (Wildman–Crippen LogP) is 2.59. The molecule has 0 atom stereocenters. The van der Waals surface area contributed by atoms with Gasteiger partial charge in [-0.15, -0.1) is 17.5 Å². The Morgan fingerprint density at radius 1 is 1.25 bits per heavy atom. The molecule has 1 aromatic carbocycles. The lowest BCUT2D eigenvalue weighted by molar-refractivity contribution is -0.116. The number of aryl methyl sites for hydroxylation is 2. The molecular formula is C19H25ClN6O2. The number of benzene rings is 1. The first kappa shape index (κ1) is 21.6. The summed E-state index contributed by atoms with van der Waals surface area (Å²) in [6, 6.07) is 7.41. The molecule has 0 spiro atoms. The van der Waals surface area contributed by atoms with Crippen LogP contribution >= 0.6 is 12.4 Å². The first-order valence-electron chi connectivity index (χ1n) is 8.97. The van der Waals surface area contributed by atoms with E-state index in [1.165, 1.54) is 0 Å². The lowest BCUT2D eigenvalue weighted by atomic mass is 10.1. The molecule has 0 aliphatic heterocycles. The number of aromatic nitrogens is 4. The summed E-state index contributed by atoms with van der Waals surface area (Å²) >= 11 is 0. The molecule has 8 nitrogen and oxygen atoms in total. The van der Waals surface area contributed by atoms with Gasteiger partial charge in [0.2, 0.25) is 5.91 Å². The highest BCUT2D eigenvalue weighted by Crippen LogP contribution is 2.24. The van der Waals surface area contributed by atoms with Crippen LogP contribution in [0.1, 0.15) is 36.1 Å². The highest BCUT2D eigenvalue weighted by atomic mass is 35.5. The fourth-order valence-corrected chi connectivity index (χ4v) is 3.00. The molecule has 1 amide bonds. The van der Waals surface area contributed by atoms with Crippen molar-refractivity contribution in [3.05, 3.63) is 47.0 Å². The van der Waals surface area contributed by atoms with Gasteiger partial charge in [-0.1, -0.05) is 12.1 Å². The van der Waals surface area contributed by atoms with Crippen LogP contribution in [0.2, 0.25) is 0 Å². The van der Waals surface area contributed by atoms with E-state index in [1.807, 2.05) is 45.0 Å². The summed E-state index contributed by atoms with van der Waals surface area (Å²) in [7, 11) is 0. The molecule has 0 saturated heterocycles. The van der Waals surface area contributed by atoms with Crippen molar-refractivity contribution in [3.8, 4) is 5.75 Å². The minimum absolute atomic E-state index is 0. The van der Waals surface area contributed by atoms with E-state index in [4.69, 9.17) is 10.5 Å². The Hall–Kier alpha value is -2.71. The molecule has 0 aliphatic rings. The molecule has 3 aromatic rings. The van der Waals surface area contributed by atoms with Crippen molar-refractivity contribution >= 4 is 29.8 Å². The Balaban J connectivity index is 0.00000280. The topological polar surface area (TPSA) is 107 Å². The van der Waals surface area contributed by atoms with Gasteiger partial charge in [-0.25, -0.2) is 9.50 Å². The van der Waals surface area contributed by atoms with Gasteiger partial charge in [0.25, 0.3) is 5.78 Å². The molecule has 28 heavy (non-hydrogen) atoms. The maximum absolute atomic E-state index is 12.4. The third-order valence-corrected chi connectivity index (χ3v) is 4.34. The number of carbonyl (C=O) groups excluding carboxylic acids is 1. The molecule has 0 saturated carbocycles. The van der Waals surface area contributed by atoms with Crippen molar-refractivity contribution in [1.82, 2.24) is 19.6 Å². The van der Waals surface area contributed by atoms with Crippen LogP contribution in [0.4, 0.5) is 5.69 Å². The van der Waals surface area contributed by atoms with Crippen LogP contribution in [0.3, 0.4) is 0 Å². The zero-order chi connectivity index (χ0) is 19.4. The average molecular weight is 405 g/mol. The van der Waals surface area contributed by atoms with Crippen LogP contribution < -0.4 is 15.8 Å². The van der Waals surface area contributed by atoms with Crippen molar-refractivity contribution in [3.63, 3.8) is 0 Å². The summed E-state index contributed by atoms with van der Waals surface area (Å²) in [4.78, 5) is 21.2. The Morgan fingerprint density at radius 3 is 2.71 bits per heavy atom. The molecule has 9 heteroatoms. The van der Waals surface area contributed by atoms with Gasteiger partial charge in [0, 0.05) is 17.8 Å². The number of hydrogen-bond acceptors (Lipinski definition) is 6. The lowest BCUT2D eigenvalue weighted by Crippen LogP contribution is -2.15. The third-order valence-electron chi connectivity index (χ3n) is 4.34. The molecule has 3 rings (SSSR count). The molecule has 0 fully saturated rings. The van der Waals surface area contributed by atoms with Crippen LogP contribution in [0.15, 0.2) is 24.3 Å². The average Bonchev–Trinajstić information content (AvgIpc) is 3.06. The standard InChI is InChI=1S/C19H24N6O2.ClH/c1-4-27-16-8-6-5-7-15(16)22-18(26)10-9-14-12(2)21-19-23-17(11-20)24-25(19)13(14)3;/h5-8H,4,9-11,20H2,1-3H3,(H,22,26);1H. The number of halogens is 1. The van der Waals surface area contributed by atoms with Gasteiger partial charge in [-0.05, 0) is 44.9 Å². The molecule has 0 radical (unpaired) electrons. The van der Waals surface area contributed by atoms with Gasteiger partial charge in [-0.2, -0.15) is 4.98 Å². The van der Waals surface area contributed by atoms with Crippen LogP contribution in [0.5, 0.6) is 5.75 Å². The number of nitrogens with one attached hydrogen (secondary N) is 1. The highest BCUT2D eigenvalue weighted by molar-refractivity contribution is 5.92. The summed E-state index contributed by atoms with van der Waals surface area (Å²) in [5.41, 5.74) is 9.05. The Kier molecular flexibility index (Phi) is 7.31. The lowest BCUT2D eigenvalue weighted by Gasteiger charge is -2.12. The molecule has 150 valence electrons. The molecule has 0 aliphatic carbocycles. The molecule has 2 aromatic heterocycles. The van der Waals surface area contributed by atoms with Gasteiger partial charge in [0.15, 0.2) is 5.82 Å². The number of ether oxygens (including phenoxy) is 1. The molecule has 0 bridgehead atoms. The third kappa shape index (κ3) is 4.58.